The molecule has 0 fully saturated rings. The smallest absolute Gasteiger partial charge is 0.303 e. The van der Waals surface area contributed by atoms with Crippen molar-refractivity contribution in [2.45, 2.75) is 207 Å². The van der Waals surface area contributed by atoms with Gasteiger partial charge in [0.25, 0.3) is 0 Å². The Labute approximate surface area is 378 Å². The van der Waals surface area contributed by atoms with Crippen molar-refractivity contribution in [2.75, 3.05) is 52.7 Å². The molecule has 0 aliphatic rings. The summed E-state index contributed by atoms with van der Waals surface area (Å²) in [4.78, 5) is 71.0. The second-order valence-electron chi connectivity index (χ2n) is 17.4. The van der Waals surface area contributed by atoms with Crippen LogP contribution in [0.25, 0.3) is 0 Å². The minimum absolute atomic E-state index is 0.0188. The Kier molecular flexibility index (Phi) is 43.1. The molecular weight excluding hydrogens is 786 g/mol. The maximum absolute atomic E-state index is 12.4. The van der Waals surface area contributed by atoms with E-state index in [0.717, 1.165) is 89.9 Å². The number of unbranched alkanes of at least 4 members (excludes halogenated alkanes) is 19. The molecule has 0 aromatic carbocycles. The van der Waals surface area contributed by atoms with Gasteiger partial charge in [-0.25, -0.2) is 0 Å². The first kappa shape index (κ1) is 59.4. The van der Waals surface area contributed by atoms with E-state index in [1.54, 1.807) is 14.3 Å². The van der Waals surface area contributed by atoms with E-state index in [9.17, 15) is 28.8 Å². The summed E-state index contributed by atoms with van der Waals surface area (Å²) in [5.74, 6) is -0.225. The van der Waals surface area contributed by atoms with E-state index in [4.69, 9.17) is 19.3 Å². The van der Waals surface area contributed by atoms with E-state index in [1.807, 2.05) is 20.7 Å². The minimum atomic E-state index is -0.690. The lowest BCUT2D eigenvalue weighted by Crippen LogP contribution is -2.29. The van der Waals surface area contributed by atoms with Gasteiger partial charge < -0.3 is 34.7 Å². The van der Waals surface area contributed by atoms with Crippen molar-refractivity contribution in [3.8, 4) is 0 Å². The van der Waals surface area contributed by atoms with Crippen molar-refractivity contribution in [3.05, 3.63) is 0 Å². The number of hydrogen-bond donors (Lipinski definition) is 3. The van der Waals surface area contributed by atoms with Gasteiger partial charge in [0, 0.05) is 57.7 Å². The number of carboxylic acids is 1. The molecule has 2 atom stereocenters. The number of Topliss-reactive ketones (excluding diaryl/α,β-unsaturated/α-hetero) is 2. The summed E-state index contributed by atoms with van der Waals surface area (Å²) in [5, 5.41) is 14.4. The van der Waals surface area contributed by atoms with Crippen molar-refractivity contribution in [2.24, 2.45) is 11.8 Å². The van der Waals surface area contributed by atoms with Crippen molar-refractivity contribution in [3.63, 3.8) is 0 Å². The lowest BCUT2D eigenvalue weighted by Gasteiger charge is -2.11. The van der Waals surface area contributed by atoms with Crippen LogP contribution in [0.1, 0.15) is 200 Å². The molecule has 0 aliphatic heterocycles. The predicted molar refractivity (Wildman–Crippen MR) is 251 cm³/mol. The Balaban J connectivity index is 3.47. The highest BCUT2D eigenvalue weighted by Crippen LogP contribution is 2.16. The largest absolute Gasteiger partial charge is 0.481 e. The van der Waals surface area contributed by atoms with E-state index in [1.165, 1.54) is 57.8 Å². The van der Waals surface area contributed by atoms with Crippen LogP contribution in [-0.4, -0.2) is 107 Å². The van der Waals surface area contributed by atoms with Crippen LogP contribution in [0.2, 0.25) is 6.82 Å². The Bertz CT molecular complexity index is 1150. The van der Waals surface area contributed by atoms with E-state index in [-0.39, 0.29) is 48.3 Å². The molecule has 62 heavy (non-hydrogen) atoms. The predicted octanol–water partition coefficient (Wildman–Crippen LogP) is 8.97. The third kappa shape index (κ3) is 44.1. The number of hydrogen-bond acceptors (Lipinski definition) is 9. The van der Waals surface area contributed by atoms with Crippen LogP contribution in [0.3, 0.4) is 0 Å². The van der Waals surface area contributed by atoms with Gasteiger partial charge in [-0.15, -0.1) is 0 Å². The topological polar surface area (TPSA) is 174 Å². The highest BCUT2D eigenvalue weighted by atomic mass is 16.5. The second kappa shape index (κ2) is 45.0. The molecule has 0 heterocycles. The summed E-state index contributed by atoms with van der Waals surface area (Å²) in [6.07, 6.45) is 27.9. The van der Waals surface area contributed by atoms with Gasteiger partial charge in [-0.3, -0.25) is 24.0 Å². The molecule has 2 radical (unpaired) electrons. The standard InChI is InChI=1S/C48H88B2N2O10/c1-41(38-43(53)27-20-16-12-10-8-6-4-5-7-9-11-13-18-22-29-47(57)58)30-31-45(55)52-33-35-60-36-37-62-39-44(54)28-21-17-14-15-19-25-34-61-40-46(56)51-32-24-23-26-42(2)48(59)50-49-3/h41-42H,4-40H2,1-3H3,(H,51,56)(H,52,55)(H,57,58)/t41-,42+/m1/s1. The van der Waals surface area contributed by atoms with Crippen LogP contribution in [-0.2, 0) is 43.0 Å². The van der Waals surface area contributed by atoms with Gasteiger partial charge in [0.2, 0.25) is 11.8 Å². The highest BCUT2D eigenvalue weighted by Gasteiger charge is 2.13. The third-order valence-corrected chi connectivity index (χ3v) is 11.2. The molecule has 0 spiro atoms. The van der Waals surface area contributed by atoms with E-state index < -0.39 is 5.97 Å². The number of carbonyl (C=O) groups is 6. The molecule has 12 nitrogen and oxygen atoms in total. The quantitative estimate of drug-likeness (QED) is 0.0396. The maximum atomic E-state index is 12.4. The first-order chi connectivity index (χ1) is 30.0. The number of ketones is 2. The summed E-state index contributed by atoms with van der Waals surface area (Å²) in [6, 6.07) is 0. The Morgan fingerprint density at radius 3 is 1.56 bits per heavy atom. The van der Waals surface area contributed by atoms with Gasteiger partial charge in [-0.05, 0) is 50.9 Å². The van der Waals surface area contributed by atoms with Gasteiger partial charge >= 0.3 is 5.97 Å². The van der Waals surface area contributed by atoms with Gasteiger partial charge in [0.15, 0.2) is 13.0 Å². The Hall–Kier alpha value is -2.57. The number of nitrogens with one attached hydrogen (secondary N) is 2. The van der Waals surface area contributed by atoms with Gasteiger partial charge in [0.1, 0.15) is 19.0 Å². The van der Waals surface area contributed by atoms with Gasteiger partial charge in [0.05, 0.1) is 32.7 Å². The van der Waals surface area contributed by atoms with Crippen LogP contribution < -0.4 is 10.6 Å². The zero-order chi connectivity index (χ0) is 45.7. The molecule has 0 saturated carbocycles. The first-order valence-corrected chi connectivity index (χ1v) is 24.7. The zero-order valence-electron chi connectivity index (χ0n) is 39.6. The summed E-state index contributed by atoms with van der Waals surface area (Å²) >= 11 is 0. The monoisotopic (exact) mass is 875 g/mol. The molecule has 14 heteroatoms. The molecule has 356 valence electrons. The molecule has 0 rings (SSSR count). The second-order valence-corrected chi connectivity index (χ2v) is 17.4. The van der Waals surface area contributed by atoms with Crippen molar-refractivity contribution in [1.29, 1.82) is 0 Å². The number of rotatable bonds is 49. The molecule has 0 bridgehead atoms. The van der Waals surface area contributed by atoms with E-state index >= 15 is 0 Å². The Morgan fingerprint density at radius 1 is 0.484 bits per heavy atom. The molecule has 0 unspecified atom stereocenters. The summed E-state index contributed by atoms with van der Waals surface area (Å²) < 4.78 is 16.5. The number of carboxylic acid groups (broad SMARTS) is 1. The van der Waals surface area contributed by atoms with E-state index in [0.29, 0.717) is 83.8 Å². The average molecular weight is 875 g/mol. The van der Waals surface area contributed by atoms with Crippen molar-refractivity contribution < 1.29 is 48.1 Å². The third-order valence-electron chi connectivity index (χ3n) is 11.2. The average Bonchev–Trinajstić information content (AvgIpc) is 3.24. The van der Waals surface area contributed by atoms with Crippen LogP contribution in [0.15, 0.2) is 0 Å². The highest BCUT2D eigenvalue weighted by molar-refractivity contribution is 7.15. The summed E-state index contributed by atoms with van der Waals surface area (Å²) in [6.45, 7) is 8.62. The number of ether oxygens (including phenoxy) is 3. The molecular formula is C48H88B2N2O10. The molecule has 2 amide bonds. The normalized spacial score (nSPS) is 12.1. The van der Waals surface area contributed by atoms with Crippen LogP contribution in [0.5, 0.6) is 0 Å². The Morgan fingerprint density at radius 2 is 0.984 bits per heavy atom. The van der Waals surface area contributed by atoms with Crippen LogP contribution in [0, 0.1) is 11.8 Å². The van der Waals surface area contributed by atoms with Crippen molar-refractivity contribution >= 4 is 49.4 Å². The fraction of sp³-hybridized carbons (Fsp3) is 0.875. The summed E-state index contributed by atoms with van der Waals surface area (Å²) in [7, 11) is 3.38. The summed E-state index contributed by atoms with van der Waals surface area (Å²) in [5.41, 5.74) is 0.154. The van der Waals surface area contributed by atoms with Crippen LogP contribution >= 0.6 is 0 Å². The van der Waals surface area contributed by atoms with Crippen LogP contribution in [0.4, 0.5) is 0 Å². The fourth-order valence-corrected chi connectivity index (χ4v) is 7.24. The molecule has 0 saturated heterocycles. The lowest BCUT2D eigenvalue weighted by atomic mass is 9.37. The first-order valence-electron chi connectivity index (χ1n) is 24.7. The molecule has 3 N–H and O–H groups in total. The molecule has 0 aromatic heterocycles. The SMILES string of the molecule is C[B][B]C(=O)[C@@H](C)CCCCNC(=O)COCCCCCCCCC(=O)COCCOCCNC(=O)CC[C@@H](C)CC(=O)CCCCCCCCCCCCCCCCC(=O)O. The fourth-order valence-electron chi connectivity index (χ4n) is 7.24. The van der Waals surface area contributed by atoms with Gasteiger partial charge in [-0.2, -0.15) is 0 Å². The molecule has 0 aliphatic carbocycles. The zero-order valence-corrected chi connectivity index (χ0v) is 39.6. The van der Waals surface area contributed by atoms with Gasteiger partial charge in [-0.1, -0.05) is 130 Å². The van der Waals surface area contributed by atoms with E-state index in [2.05, 4.69) is 10.6 Å². The number of carbonyl (C=O) groups excluding carboxylic acids is 5. The van der Waals surface area contributed by atoms with Crippen molar-refractivity contribution in [1.82, 2.24) is 10.6 Å². The maximum Gasteiger partial charge on any atom is 0.303 e. The molecule has 0 aromatic rings. The lowest BCUT2D eigenvalue weighted by molar-refractivity contribution is -0.137. The minimum Gasteiger partial charge on any atom is -0.481 e. The number of aliphatic carboxylic acids is 1. The number of amides is 2.